The summed E-state index contributed by atoms with van der Waals surface area (Å²) in [5.41, 5.74) is 0. The molecule has 1 aromatic rings. The van der Waals surface area contributed by atoms with E-state index in [9.17, 15) is 7.84 Å². The fraction of sp³-hybridized carbons (Fsp3) is 0.333. The molecule has 0 saturated heterocycles. The summed E-state index contributed by atoms with van der Waals surface area (Å²) in [7, 11) is 0. The molecule has 0 aromatic heterocycles. The molecule has 78 valence electrons. The fourth-order valence-electron chi connectivity index (χ4n) is 1.16. The van der Waals surface area contributed by atoms with Gasteiger partial charge in [0.1, 0.15) is 0 Å². The molecule has 2 N–H and O–H groups in total. The van der Waals surface area contributed by atoms with E-state index in [0.29, 0.717) is 9.37 Å². The average molecular weight is 279 g/mol. The number of hydrogen-bond acceptors (Lipinski definition) is 2. The summed E-state index contributed by atoms with van der Waals surface area (Å²) in [6, 6.07) is 6.31. The monoisotopic (exact) mass is 278 g/mol. The van der Waals surface area contributed by atoms with E-state index in [4.69, 9.17) is 16.7 Å². The Morgan fingerprint density at radius 2 is 2.21 bits per heavy atom. The molecular formula is C9H12AsClO3. The standard InChI is InChI=1S/C9H12AsClO3/c1-7(12)6-10(13,14)8-3-2-4-9(11)5-8/h2-5,7,12H,6H2,1H3,(H,13,14). The van der Waals surface area contributed by atoms with Gasteiger partial charge in [-0.05, 0) is 0 Å². The second kappa shape index (κ2) is 4.54. The number of hydrogen-bond donors (Lipinski definition) is 2. The van der Waals surface area contributed by atoms with Crippen molar-refractivity contribution in [1.29, 1.82) is 0 Å². The van der Waals surface area contributed by atoms with Gasteiger partial charge in [-0.15, -0.1) is 0 Å². The Morgan fingerprint density at radius 3 is 2.71 bits per heavy atom. The Kier molecular flexibility index (Phi) is 3.85. The van der Waals surface area contributed by atoms with E-state index < -0.39 is 19.9 Å². The minimum absolute atomic E-state index is 0.0847. The van der Waals surface area contributed by atoms with E-state index in [1.807, 2.05) is 0 Å². The van der Waals surface area contributed by atoms with Crippen LogP contribution in [0.4, 0.5) is 0 Å². The molecule has 2 unspecified atom stereocenters. The van der Waals surface area contributed by atoms with E-state index in [2.05, 4.69) is 0 Å². The van der Waals surface area contributed by atoms with Gasteiger partial charge in [0.05, 0.1) is 0 Å². The molecule has 0 heterocycles. The van der Waals surface area contributed by atoms with E-state index in [1.54, 1.807) is 18.2 Å². The van der Waals surface area contributed by atoms with E-state index in [0.717, 1.165) is 0 Å². The van der Waals surface area contributed by atoms with Gasteiger partial charge < -0.3 is 0 Å². The van der Waals surface area contributed by atoms with Crippen LogP contribution in [0.15, 0.2) is 24.3 Å². The van der Waals surface area contributed by atoms with Gasteiger partial charge in [0.15, 0.2) is 0 Å². The van der Waals surface area contributed by atoms with Crippen LogP contribution in [-0.2, 0) is 3.74 Å². The molecule has 5 heteroatoms. The van der Waals surface area contributed by atoms with Crippen molar-refractivity contribution in [3.63, 3.8) is 0 Å². The van der Waals surface area contributed by atoms with Gasteiger partial charge in [0.25, 0.3) is 0 Å². The Hall–Kier alpha value is -0.212. The first-order valence-corrected chi connectivity index (χ1v) is 8.43. The summed E-state index contributed by atoms with van der Waals surface area (Å²) >= 11 is 1.59. The predicted molar refractivity (Wildman–Crippen MR) is 56.2 cm³/mol. The molecule has 0 spiro atoms. The summed E-state index contributed by atoms with van der Waals surface area (Å²) in [6.07, 6.45) is -0.774. The average Bonchev–Trinajstić information content (AvgIpc) is 2.01. The first-order valence-electron chi connectivity index (χ1n) is 4.18. The third-order valence-electron chi connectivity index (χ3n) is 1.72. The van der Waals surface area contributed by atoms with E-state index >= 15 is 0 Å². The third kappa shape index (κ3) is 3.17. The van der Waals surface area contributed by atoms with Crippen molar-refractivity contribution >= 4 is 29.8 Å². The first kappa shape index (κ1) is 11.9. The van der Waals surface area contributed by atoms with Crippen molar-refractivity contribution in [2.24, 2.45) is 0 Å². The SMILES string of the molecule is CC(O)C[As](=O)(O)c1cccc(Cl)c1. The maximum atomic E-state index is 11.8. The molecule has 0 aliphatic carbocycles. The van der Waals surface area contributed by atoms with Crippen molar-refractivity contribution in [3.05, 3.63) is 29.3 Å². The van der Waals surface area contributed by atoms with Crippen molar-refractivity contribution in [2.75, 3.05) is 0 Å². The molecule has 0 aliphatic rings. The van der Waals surface area contributed by atoms with Crippen molar-refractivity contribution < 1.29 is 12.9 Å². The summed E-state index contributed by atoms with van der Waals surface area (Å²) < 4.78 is 21.8. The number of benzene rings is 1. The van der Waals surface area contributed by atoms with Gasteiger partial charge in [-0.25, -0.2) is 0 Å². The molecule has 0 amide bonds. The zero-order chi connectivity index (χ0) is 10.8. The first-order chi connectivity index (χ1) is 6.42. The van der Waals surface area contributed by atoms with Crippen LogP contribution in [0.5, 0.6) is 0 Å². The van der Waals surface area contributed by atoms with Gasteiger partial charge in [0, 0.05) is 0 Å². The van der Waals surface area contributed by atoms with Crippen molar-refractivity contribution in [2.45, 2.75) is 18.2 Å². The number of aliphatic hydroxyl groups is 1. The minimum atomic E-state index is -4.11. The Bertz CT molecular complexity index is 365. The Morgan fingerprint density at radius 1 is 1.57 bits per heavy atom. The molecule has 14 heavy (non-hydrogen) atoms. The zero-order valence-corrected chi connectivity index (χ0v) is 10.4. The van der Waals surface area contributed by atoms with Crippen LogP contribution in [0.3, 0.4) is 0 Å². The van der Waals surface area contributed by atoms with Crippen LogP contribution >= 0.6 is 11.6 Å². The zero-order valence-electron chi connectivity index (χ0n) is 7.72. The number of aliphatic hydroxyl groups excluding tert-OH is 1. The number of rotatable bonds is 3. The molecule has 1 rings (SSSR count). The van der Waals surface area contributed by atoms with Crippen LogP contribution < -0.4 is 4.35 Å². The second-order valence-corrected chi connectivity index (χ2v) is 8.44. The van der Waals surface area contributed by atoms with Gasteiger partial charge in [-0.3, -0.25) is 0 Å². The topological polar surface area (TPSA) is 57.5 Å². The second-order valence-electron chi connectivity index (χ2n) is 3.21. The van der Waals surface area contributed by atoms with Crippen LogP contribution in [0.1, 0.15) is 6.92 Å². The Balaban J connectivity index is 2.98. The summed E-state index contributed by atoms with van der Waals surface area (Å²) in [4.78, 5) is 0. The van der Waals surface area contributed by atoms with Gasteiger partial charge in [0.2, 0.25) is 0 Å². The molecule has 0 radical (unpaired) electrons. The molecule has 0 fully saturated rings. The molecule has 2 atom stereocenters. The fourth-order valence-corrected chi connectivity index (χ4v) is 4.84. The Labute approximate surface area is 90.4 Å². The van der Waals surface area contributed by atoms with Gasteiger partial charge >= 0.3 is 90.2 Å². The maximum absolute atomic E-state index is 11.8. The van der Waals surface area contributed by atoms with Crippen LogP contribution in [-0.4, -0.2) is 29.1 Å². The van der Waals surface area contributed by atoms with Crippen molar-refractivity contribution in [3.8, 4) is 0 Å². The van der Waals surface area contributed by atoms with E-state index in [-0.39, 0.29) is 5.21 Å². The van der Waals surface area contributed by atoms with Crippen LogP contribution in [0, 0.1) is 0 Å². The normalized spacial score (nSPS) is 17.4. The summed E-state index contributed by atoms with van der Waals surface area (Å²) in [5, 5.41) is 9.42. The molecular weight excluding hydrogens is 266 g/mol. The van der Waals surface area contributed by atoms with E-state index in [1.165, 1.54) is 13.0 Å². The summed E-state index contributed by atoms with van der Waals surface area (Å²) in [5.74, 6) is 0. The summed E-state index contributed by atoms with van der Waals surface area (Å²) in [6.45, 7) is 1.49. The molecule has 0 aliphatic heterocycles. The van der Waals surface area contributed by atoms with Crippen LogP contribution in [0.25, 0.3) is 0 Å². The predicted octanol–water partition coefficient (Wildman–Crippen LogP) is 0.793. The molecule has 0 saturated carbocycles. The molecule has 3 nitrogen and oxygen atoms in total. The van der Waals surface area contributed by atoms with Crippen molar-refractivity contribution in [1.82, 2.24) is 0 Å². The third-order valence-corrected chi connectivity index (χ3v) is 6.38. The quantitative estimate of drug-likeness (QED) is 0.804. The number of halogens is 1. The van der Waals surface area contributed by atoms with Gasteiger partial charge in [-0.1, -0.05) is 0 Å². The van der Waals surface area contributed by atoms with Gasteiger partial charge in [-0.2, -0.15) is 0 Å². The molecule has 0 bridgehead atoms. The van der Waals surface area contributed by atoms with Crippen LogP contribution in [0.2, 0.25) is 10.2 Å². The molecule has 1 aromatic carbocycles.